The fourth-order valence-electron chi connectivity index (χ4n) is 1.79. The molecule has 0 radical (unpaired) electrons. The third-order valence-corrected chi connectivity index (χ3v) is 3.57. The van der Waals surface area contributed by atoms with Crippen molar-refractivity contribution in [1.29, 1.82) is 0 Å². The van der Waals surface area contributed by atoms with Gasteiger partial charge in [-0.1, -0.05) is 27.5 Å². The van der Waals surface area contributed by atoms with Gasteiger partial charge in [0.2, 0.25) is 0 Å². The maximum Gasteiger partial charge on any atom is 0.354 e. The van der Waals surface area contributed by atoms with E-state index in [1.807, 2.05) is 6.07 Å². The summed E-state index contributed by atoms with van der Waals surface area (Å²) in [7, 11) is 1.80. The van der Waals surface area contributed by atoms with Crippen molar-refractivity contribution in [3.8, 4) is 0 Å². The molecular weight excluding hydrogens is 305 g/mol. The van der Waals surface area contributed by atoms with Gasteiger partial charge in [0.05, 0.1) is 17.1 Å². The number of benzene rings is 1. The number of rotatable bonds is 2. The summed E-state index contributed by atoms with van der Waals surface area (Å²) in [6, 6.07) is 5.44. The molecule has 0 spiro atoms. The van der Waals surface area contributed by atoms with Crippen LogP contribution in [0, 0.1) is 0 Å². The standard InChI is InChI=1S/C12H11BrClNO2/c1-3-17-12(16)10-6-7-8(13)4-5-9(14)11(7)15(10)2/h4-6H,3H2,1-2H3. The first-order valence-electron chi connectivity index (χ1n) is 5.16. The Morgan fingerprint density at radius 1 is 1.53 bits per heavy atom. The molecule has 0 unspecified atom stereocenters. The van der Waals surface area contributed by atoms with E-state index in [2.05, 4.69) is 15.9 Å². The average Bonchev–Trinajstić information content (AvgIpc) is 2.63. The van der Waals surface area contributed by atoms with Crippen LogP contribution in [0.4, 0.5) is 0 Å². The Hall–Kier alpha value is -1.00. The molecule has 0 amide bonds. The highest BCUT2D eigenvalue weighted by atomic mass is 79.9. The number of halogens is 2. The number of esters is 1. The summed E-state index contributed by atoms with van der Waals surface area (Å²) < 4.78 is 7.66. The molecule has 0 aliphatic heterocycles. The normalized spacial score (nSPS) is 10.8. The van der Waals surface area contributed by atoms with E-state index >= 15 is 0 Å². The lowest BCUT2D eigenvalue weighted by Gasteiger charge is -2.04. The maximum absolute atomic E-state index is 11.8. The Kier molecular flexibility index (Phi) is 3.45. The molecule has 0 atom stereocenters. The van der Waals surface area contributed by atoms with Crippen LogP contribution in [-0.2, 0) is 11.8 Å². The minimum absolute atomic E-state index is 0.339. The predicted molar refractivity (Wildman–Crippen MR) is 71.6 cm³/mol. The predicted octanol–water partition coefficient (Wildman–Crippen LogP) is 3.77. The van der Waals surface area contributed by atoms with Crippen molar-refractivity contribution in [2.75, 3.05) is 6.61 Å². The zero-order chi connectivity index (χ0) is 12.6. The lowest BCUT2D eigenvalue weighted by molar-refractivity contribution is 0.0516. The van der Waals surface area contributed by atoms with Crippen LogP contribution < -0.4 is 0 Å². The van der Waals surface area contributed by atoms with Crippen molar-refractivity contribution >= 4 is 44.4 Å². The number of hydrogen-bond donors (Lipinski definition) is 0. The number of aryl methyl sites for hydroxylation is 1. The van der Waals surface area contributed by atoms with Gasteiger partial charge in [-0.15, -0.1) is 0 Å². The number of nitrogens with zero attached hydrogens (tertiary/aromatic N) is 1. The molecule has 0 saturated heterocycles. The first-order valence-corrected chi connectivity index (χ1v) is 6.34. The number of carbonyl (C=O) groups is 1. The van der Waals surface area contributed by atoms with Crippen LogP contribution in [0.1, 0.15) is 17.4 Å². The number of hydrogen-bond acceptors (Lipinski definition) is 2. The van der Waals surface area contributed by atoms with Crippen molar-refractivity contribution in [2.24, 2.45) is 7.05 Å². The molecule has 2 aromatic rings. The molecular formula is C12H11BrClNO2. The van der Waals surface area contributed by atoms with Crippen LogP contribution in [-0.4, -0.2) is 17.1 Å². The Morgan fingerprint density at radius 3 is 2.82 bits per heavy atom. The zero-order valence-electron chi connectivity index (χ0n) is 9.46. The van der Waals surface area contributed by atoms with Gasteiger partial charge in [0, 0.05) is 16.9 Å². The van der Waals surface area contributed by atoms with Crippen LogP contribution in [0.2, 0.25) is 5.02 Å². The summed E-state index contributed by atoms with van der Waals surface area (Å²) in [5.74, 6) is -0.339. The van der Waals surface area contributed by atoms with E-state index in [-0.39, 0.29) is 5.97 Å². The summed E-state index contributed by atoms with van der Waals surface area (Å²) in [5.41, 5.74) is 1.32. The van der Waals surface area contributed by atoms with E-state index in [0.717, 1.165) is 15.4 Å². The van der Waals surface area contributed by atoms with Gasteiger partial charge < -0.3 is 9.30 Å². The fourth-order valence-corrected chi connectivity index (χ4v) is 2.52. The van der Waals surface area contributed by atoms with Gasteiger partial charge in [0.15, 0.2) is 0 Å². The van der Waals surface area contributed by atoms with Gasteiger partial charge in [0.25, 0.3) is 0 Å². The molecule has 0 aliphatic carbocycles. The van der Waals surface area contributed by atoms with Gasteiger partial charge >= 0.3 is 5.97 Å². The highest BCUT2D eigenvalue weighted by molar-refractivity contribution is 9.10. The molecule has 0 fully saturated rings. The minimum Gasteiger partial charge on any atom is -0.461 e. The number of fused-ring (bicyclic) bond motifs is 1. The first-order chi connectivity index (χ1) is 8.06. The van der Waals surface area contributed by atoms with E-state index in [9.17, 15) is 4.79 Å². The Balaban J connectivity index is 2.68. The van der Waals surface area contributed by atoms with Gasteiger partial charge in [-0.3, -0.25) is 0 Å². The molecule has 0 bridgehead atoms. The van der Waals surface area contributed by atoms with E-state index in [1.165, 1.54) is 0 Å². The molecule has 1 aromatic carbocycles. The Labute approximate surface area is 112 Å². The van der Waals surface area contributed by atoms with E-state index in [4.69, 9.17) is 16.3 Å². The van der Waals surface area contributed by atoms with Gasteiger partial charge in [0.1, 0.15) is 5.69 Å². The minimum atomic E-state index is -0.339. The van der Waals surface area contributed by atoms with Gasteiger partial charge in [-0.2, -0.15) is 0 Å². The monoisotopic (exact) mass is 315 g/mol. The average molecular weight is 317 g/mol. The lowest BCUT2D eigenvalue weighted by Crippen LogP contribution is -2.09. The highest BCUT2D eigenvalue weighted by Gasteiger charge is 2.17. The third kappa shape index (κ3) is 2.07. The fraction of sp³-hybridized carbons (Fsp3) is 0.250. The molecule has 3 nitrogen and oxygen atoms in total. The second kappa shape index (κ2) is 4.70. The van der Waals surface area contributed by atoms with Crippen LogP contribution >= 0.6 is 27.5 Å². The summed E-state index contributed by atoms with van der Waals surface area (Å²) in [4.78, 5) is 11.8. The molecule has 90 valence electrons. The molecule has 2 rings (SSSR count). The molecule has 0 saturated carbocycles. The van der Waals surface area contributed by atoms with Crippen LogP contribution in [0.25, 0.3) is 10.9 Å². The number of ether oxygens (including phenoxy) is 1. The van der Waals surface area contributed by atoms with Crippen LogP contribution in [0.5, 0.6) is 0 Å². The summed E-state index contributed by atoms with van der Waals surface area (Å²) in [5, 5.41) is 1.52. The third-order valence-electron chi connectivity index (χ3n) is 2.58. The summed E-state index contributed by atoms with van der Waals surface area (Å²) >= 11 is 9.58. The van der Waals surface area contributed by atoms with Crippen molar-refractivity contribution in [1.82, 2.24) is 4.57 Å². The van der Waals surface area contributed by atoms with Crippen LogP contribution in [0.3, 0.4) is 0 Å². The molecule has 1 aromatic heterocycles. The van der Waals surface area contributed by atoms with E-state index in [0.29, 0.717) is 17.3 Å². The van der Waals surface area contributed by atoms with Gasteiger partial charge in [-0.05, 0) is 25.1 Å². The topological polar surface area (TPSA) is 31.2 Å². The second-order valence-electron chi connectivity index (χ2n) is 3.60. The van der Waals surface area contributed by atoms with Crippen molar-refractivity contribution in [3.63, 3.8) is 0 Å². The summed E-state index contributed by atoms with van der Waals surface area (Å²) in [6.45, 7) is 2.14. The SMILES string of the molecule is CCOC(=O)c1cc2c(Br)ccc(Cl)c2n1C. The largest absolute Gasteiger partial charge is 0.461 e. The quantitative estimate of drug-likeness (QED) is 0.790. The smallest absolute Gasteiger partial charge is 0.354 e. The molecule has 0 N–H and O–H groups in total. The number of carbonyl (C=O) groups excluding carboxylic acids is 1. The zero-order valence-corrected chi connectivity index (χ0v) is 11.8. The van der Waals surface area contributed by atoms with Gasteiger partial charge in [-0.25, -0.2) is 4.79 Å². The molecule has 17 heavy (non-hydrogen) atoms. The Bertz CT molecular complexity index is 592. The van der Waals surface area contributed by atoms with Crippen molar-refractivity contribution in [3.05, 3.63) is 33.4 Å². The van der Waals surface area contributed by atoms with Crippen LogP contribution in [0.15, 0.2) is 22.7 Å². The molecule has 0 aliphatic rings. The number of aromatic nitrogens is 1. The summed E-state index contributed by atoms with van der Waals surface area (Å²) in [6.07, 6.45) is 0. The Morgan fingerprint density at radius 2 is 2.24 bits per heavy atom. The molecule has 5 heteroatoms. The first kappa shape index (κ1) is 12.5. The lowest BCUT2D eigenvalue weighted by atomic mass is 10.2. The van der Waals surface area contributed by atoms with Crippen molar-refractivity contribution < 1.29 is 9.53 Å². The van der Waals surface area contributed by atoms with E-state index < -0.39 is 0 Å². The van der Waals surface area contributed by atoms with Crippen molar-refractivity contribution in [2.45, 2.75) is 6.92 Å². The van der Waals surface area contributed by atoms with E-state index in [1.54, 1.807) is 30.7 Å². The molecule has 1 heterocycles. The maximum atomic E-state index is 11.8. The highest BCUT2D eigenvalue weighted by Crippen LogP contribution is 2.32. The second-order valence-corrected chi connectivity index (χ2v) is 4.86.